The molecule has 1 aromatic carbocycles. The zero-order valence-corrected chi connectivity index (χ0v) is 13.5. The number of hydrogen-bond donors (Lipinski definition) is 0. The van der Waals surface area contributed by atoms with E-state index in [0.717, 1.165) is 11.9 Å². The van der Waals surface area contributed by atoms with Gasteiger partial charge in [0.05, 0.1) is 0 Å². The zero-order valence-electron chi connectivity index (χ0n) is 11.1. The Kier molecular flexibility index (Phi) is 4.57. The van der Waals surface area contributed by atoms with Crippen LogP contribution in [0.2, 0.25) is 0 Å². The lowest BCUT2D eigenvalue weighted by Crippen LogP contribution is -2.35. The van der Waals surface area contributed by atoms with Crippen LogP contribution in [0.1, 0.15) is 31.2 Å². The molecule has 0 amide bonds. The van der Waals surface area contributed by atoms with Crippen LogP contribution in [-0.4, -0.2) is 22.8 Å². The molecule has 1 aromatic heterocycles. The first-order valence-electron chi connectivity index (χ1n) is 7.13. The Morgan fingerprint density at radius 3 is 3.00 bits per heavy atom. The molecule has 0 saturated carbocycles. The van der Waals surface area contributed by atoms with Crippen LogP contribution in [0.3, 0.4) is 0 Å². The highest BCUT2D eigenvalue weighted by molar-refractivity contribution is 9.09. The molecule has 102 valence electrons. The lowest BCUT2D eigenvalue weighted by atomic mass is 10.1. The average molecular weight is 338 g/mol. The molecule has 1 unspecified atom stereocenters. The summed E-state index contributed by atoms with van der Waals surface area (Å²) in [7, 11) is 0. The SMILES string of the molecule is BrCC1CCCCCN1Cc1csc2ccccc12. The number of fused-ring (bicyclic) bond motifs is 1. The second-order valence-corrected chi connectivity index (χ2v) is 6.94. The minimum atomic E-state index is 0.709. The molecule has 1 atom stereocenters. The molecule has 0 spiro atoms. The van der Waals surface area contributed by atoms with Gasteiger partial charge >= 0.3 is 0 Å². The summed E-state index contributed by atoms with van der Waals surface area (Å²) in [6, 6.07) is 9.50. The summed E-state index contributed by atoms with van der Waals surface area (Å²) in [5.74, 6) is 0. The van der Waals surface area contributed by atoms with E-state index in [-0.39, 0.29) is 0 Å². The molecule has 0 bridgehead atoms. The first-order chi connectivity index (χ1) is 9.38. The lowest BCUT2D eigenvalue weighted by Gasteiger charge is -2.28. The van der Waals surface area contributed by atoms with Crippen molar-refractivity contribution in [3.8, 4) is 0 Å². The van der Waals surface area contributed by atoms with E-state index >= 15 is 0 Å². The molecule has 2 heterocycles. The maximum atomic E-state index is 3.70. The van der Waals surface area contributed by atoms with Gasteiger partial charge in [-0.3, -0.25) is 4.90 Å². The molecular weight excluding hydrogens is 318 g/mol. The summed E-state index contributed by atoms with van der Waals surface area (Å²) in [6.07, 6.45) is 5.47. The molecule has 1 nitrogen and oxygen atoms in total. The molecule has 0 N–H and O–H groups in total. The largest absolute Gasteiger partial charge is 0.295 e. The van der Waals surface area contributed by atoms with Gasteiger partial charge in [0.1, 0.15) is 0 Å². The number of benzene rings is 1. The number of alkyl halides is 1. The van der Waals surface area contributed by atoms with Crippen molar-refractivity contribution >= 4 is 37.4 Å². The minimum Gasteiger partial charge on any atom is -0.295 e. The van der Waals surface area contributed by atoms with Gasteiger partial charge in [-0.05, 0) is 41.8 Å². The van der Waals surface area contributed by atoms with E-state index in [1.807, 2.05) is 11.3 Å². The van der Waals surface area contributed by atoms with Crippen LogP contribution in [0.25, 0.3) is 10.1 Å². The number of nitrogens with zero attached hydrogens (tertiary/aromatic N) is 1. The fourth-order valence-electron chi connectivity index (χ4n) is 2.99. The summed E-state index contributed by atoms with van der Waals surface area (Å²) in [5.41, 5.74) is 1.51. The molecule has 1 saturated heterocycles. The standard InChI is InChI=1S/C16H20BrNS/c17-10-14-6-2-1-5-9-18(14)11-13-12-19-16-8-4-3-7-15(13)16/h3-4,7-8,12,14H,1-2,5-6,9-11H2. The van der Waals surface area contributed by atoms with Crippen LogP contribution < -0.4 is 0 Å². The van der Waals surface area contributed by atoms with Crippen LogP contribution in [0.15, 0.2) is 29.6 Å². The summed E-state index contributed by atoms with van der Waals surface area (Å²) in [4.78, 5) is 2.68. The molecule has 0 aliphatic carbocycles. The third-order valence-electron chi connectivity index (χ3n) is 4.11. The van der Waals surface area contributed by atoms with Crippen molar-refractivity contribution in [3.05, 3.63) is 35.2 Å². The van der Waals surface area contributed by atoms with Crippen LogP contribution in [-0.2, 0) is 6.54 Å². The van der Waals surface area contributed by atoms with E-state index in [1.165, 1.54) is 47.9 Å². The van der Waals surface area contributed by atoms with Crippen LogP contribution in [0.5, 0.6) is 0 Å². The van der Waals surface area contributed by atoms with Gasteiger partial charge in [-0.1, -0.05) is 47.0 Å². The van der Waals surface area contributed by atoms with Crippen molar-refractivity contribution in [1.82, 2.24) is 4.90 Å². The molecule has 3 heteroatoms. The lowest BCUT2D eigenvalue weighted by molar-refractivity contribution is 0.210. The van der Waals surface area contributed by atoms with Crippen molar-refractivity contribution in [2.75, 3.05) is 11.9 Å². The topological polar surface area (TPSA) is 3.24 Å². The Balaban J connectivity index is 1.82. The summed E-state index contributed by atoms with van der Waals surface area (Å²) in [6.45, 7) is 2.36. The fraction of sp³-hybridized carbons (Fsp3) is 0.500. The molecule has 0 radical (unpaired) electrons. The first-order valence-corrected chi connectivity index (χ1v) is 9.13. The molecule has 1 fully saturated rings. The van der Waals surface area contributed by atoms with Crippen molar-refractivity contribution in [2.24, 2.45) is 0 Å². The van der Waals surface area contributed by atoms with Crippen molar-refractivity contribution in [3.63, 3.8) is 0 Å². The first kappa shape index (κ1) is 13.6. The van der Waals surface area contributed by atoms with E-state index in [2.05, 4.69) is 50.5 Å². The van der Waals surface area contributed by atoms with E-state index < -0.39 is 0 Å². The zero-order chi connectivity index (χ0) is 13.1. The van der Waals surface area contributed by atoms with E-state index in [0.29, 0.717) is 6.04 Å². The minimum absolute atomic E-state index is 0.709. The second-order valence-electron chi connectivity index (χ2n) is 5.39. The van der Waals surface area contributed by atoms with Crippen LogP contribution >= 0.6 is 27.3 Å². The number of thiophene rings is 1. The third kappa shape index (κ3) is 3.04. The molecule has 1 aliphatic rings. The number of likely N-dealkylation sites (tertiary alicyclic amines) is 1. The fourth-order valence-corrected chi connectivity index (χ4v) is 4.68. The molecule has 19 heavy (non-hydrogen) atoms. The van der Waals surface area contributed by atoms with Crippen molar-refractivity contribution in [1.29, 1.82) is 0 Å². The van der Waals surface area contributed by atoms with Crippen LogP contribution in [0, 0.1) is 0 Å². The maximum Gasteiger partial charge on any atom is 0.0346 e. The average Bonchev–Trinajstić information content (AvgIpc) is 2.71. The van der Waals surface area contributed by atoms with E-state index in [1.54, 1.807) is 0 Å². The van der Waals surface area contributed by atoms with Crippen molar-refractivity contribution in [2.45, 2.75) is 38.3 Å². The Morgan fingerprint density at radius 1 is 1.21 bits per heavy atom. The van der Waals surface area contributed by atoms with Gasteiger partial charge in [-0.25, -0.2) is 0 Å². The highest BCUT2D eigenvalue weighted by atomic mass is 79.9. The third-order valence-corrected chi connectivity index (χ3v) is 5.87. The van der Waals surface area contributed by atoms with Gasteiger partial charge in [-0.15, -0.1) is 11.3 Å². The highest BCUT2D eigenvalue weighted by Crippen LogP contribution is 2.28. The normalized spacial score (nSPS) is 21.6. The maximum absolute atomic E-state index is 3.70. The van der Waals surface area contributed by atoms with Crippen LogP contribution in [0.4, 0.5) is 0 Å². The molecule has 3 rings (SSSR count). The molecule has 2 aromatic rings. The summed E-state index contributed by atoms with van der Waals surface area (Å²) >= 11 is 5.58. The predicted molar refractivity (Wildman–Crippen MR) is 88.3 cm³/mol. The quantitative estimate of drug-likeness (QED) is 0.709. The van der Waals surface area contributed by atoms with Crippen molar-refractivity contribution < 1.29 is 0 Å². The van der Waals surface area contributed by atoms with Gasteiger partial charge in [-0.2, -0.15) is 0 Å². The Hall–Kier alpha value is -0.380. The monoisotopic (exact) mass is 337 g/mol. The van der Waals surface area contributed by atoms with Gasteiger partial charge < -0.3 is 0 Å². The van der Waals surface area contributed by atoms with E-state index in [9.17, 15) is 0 Å². The van der Waals surface area contributed by atoms with Gasteiger partial charge in [0.25, 0.3) is 0 Å². The number of hydrogen-bond acceptors (Lipinski definition) is 2. The Bertz CT molecular complexity index is 536. The van der Waals surface area contributed by atoms with Gasteiger partial charge in [0, 0.05) is 22.6 Å². The smallest absolute Gasteiger partial charge is 0.0346 e. The van der Waals surface area contributed by atoms with Gasteiger partial charge in [0.2, 0.25) is 0 Å². The Morgan fingerprint density at radius 2 is 2.11 bits per heavy atom. The number of halogens is 1. The summed E-state index contributed by atoms with van der Waals surface area (Å²) < 4.78 is 1.42. The van der Waals surface area contributed by atoms with E-state index in [4.69, 9.17) is 0 Å². The number of rotatable bonds is 3. The summed E-state index contributed by atoms with van der Waals surface area (Å²) in [5, 5.41) is 4.90. The Labute approximate surface area is 127 Å². The molecular formula is C16H20BrNS. The molecule has 1 aliphatic heterocycles. The second kappa shape index (κ2) is 6.38. The predicted octanol–water partition coefficient (Wildman–Crippen LogP) is 5.04. The van der Waals surface area contributed by atoms with Gasteiger partial charge in [0.15, 0.2) is 0 Å². The highest BCUT2D eigenvalue weighted by Gasteiger charge is 2.20.